The summed E-state index contributed by atoms with van der Waals surface area (Å²) in [5, 5.41) is 0. The summed E-state index contributed by atoms with van der Waals surface area (Å²) in [6.45, 7) is 10.8. The van der Waals surface area contributed by atoms with Gasteiger partial charge < -0.3 is 4.74 Å². The molecule has 17 heavy (non-hydrogen) atoms. The van der Waals surface area contributed by atoms with Crippen LogP contribution in [-0.2, 0) is 9.53 Å². The van der Waals surface area contributed by atoms with E-state index in [1.165, 1.54) is 43.5 Å². The monoisotopic (exact) mass is 256 g/mol. The van der Waals surface area contributed by atoms with Gasteiger partial charge in [-0.3, -0.25) is 0 Å². The van der Waals surface area contributed by atoms with E-state index >= 15 is 0 Å². The van der Waals surface area contributed by atoms with Gasteiger partial charge in [0.05, 0.1) is 14.7 Å². The fraction of sp³-hybridized carbons (Fsp3) is 0.786. The molecule has 0 atom stereocenters. The predicted octanol–water partition coefficient (Wildman–Crippen LogP) is 4.39. The van der Waals surface area contributed by atoms with Crippen molar-refractivity contribution in [3.8, 4) is 0 Å². The van der Waals surface area contributed by atoms with Gasteiger partial charge in [-0.1, -0.05) is 64.7 Å². The zero-order chi connectivity index (χ0) is 13.1. The van der Waals surface area contributed by atoms with Crippen molar-refractivity contribution in [2.45, 2.75) is 64.2 Å². The predicted molar refractivity (Wildman–Crippen MR) is 77.0 cm³/mol. The van der Waals surface area contributed by atoms with Crippen molar-refractivity contribution < 1.29 is 9.53 Å². The van der Waals surface area contributed by atoms with Gasteiger partial charge in [-0.2, -0.15) is 0 Å². The number of carbonyl (C=O) groups is 1. The van der Waals surface area contributed by atoms with Crippen molar-refractivity contribution in [2.24, 2.45) is 0 Å². The zero-order valence-electron chi connectivity index (χ0n) is 11.8. The first-order valence-electron chi connectivity index (χ1n) is 6.93. The van der Waals surface area contributed by atoms with Crippen molar-refractivity contribution >= 4 is 14.0 Å². The Morgan fingerprint density at radius 2 is 1.53 bits per heavy atom. The summed E-state index contributed by atoms with van der Waals surface area (Å²) in [5.74, 6) is -0.280. The molecule has 0 N–H and O–H groups in total. The van der Waals surface area contributed by atoms with E-state index in [0.717, 1.165) is 6.04 Å². The Morgan fingerprint density at radius 3 is 1.88 bits per heavy atom. The number of hydrogen-bond donors (Lipinski definition) is 0. The normalized spacial score (nSPS) is 11.2. The molecule has 3 heteroatoms. The third-order valence-corrected chi connectivity index (χ3v) is 9.33. The molecule has 0 aliphatic heterocycles. The van der Waals surface area contributed by atoms with E-state index in [9.17, 15) is 4.79 Å². The average Bonchev–Trinajstić information content (AvgIpc) is 2.30. The van der Waals surface area contributed by atoms with Gasteiger partial charge in [0.1, 0.15) is 0 Å². The Morgan fingerprint density at radius 1 is 1.06 bits per heavy atom. The lowest BCUT2D eigenvalue weighted by Gasteiger charge is -2.31. The molecule has 0 radical (unpaired) electrons. The average molecular weight is 256 g/mol. The van der Waals surface area contributed by atoms with Crippen LogP contribution in [0.25, 0.3) is 0 Å². The van der Waals surface area contributed by atoms with Crippen molar-refractivity contribution in [1.82, 2.24) is 0 Å². The highest BCUT2D eigenvalue weighted by molar-refractivity contribution is 6.79. The molecule has 0 bridgehead atoms. The Bertz CT molecular complexity index is 209. The lowest BCUT2D eigenvalue weighted by Crippen LogP contribution is -2.35. The van der Waals surface area contributed by atoms with E-state index < -0.39 is 8.07 Å². The first-order valence-corrected chi connectivity index (χ1v) is 9.76. The largest absolute Gasteiger partial charge is 0.463 e. The molecule has 0 heterocycles. The Hall–Kier alpha value is -0.573. The molecular weight excluding hydrogens is 228 g/mol. The lowest BCUT2D eigenvalue weighted by molar-refractivity contribution is -0.137. The Balaban J connectivity index is 4.32. The first kappa shape index (κ1) is 16.4. The number of hydrogen-bond acceptors (Lipinski definition) is 2. The molecule has 0 amide bonds. The Labute approximate surface area is 107 Å². The molecule has 0 fully saturated rings. The van der Waals surface area contributed by atoms with Crippen LogP contribution in [0.2, 0.25) is 24.2 Å². The summed E-state index contributed by atoms with van der Waals surface area (Å²) < 4.78 is 5.16. The molecule has 0 aromatic heterocycles. The molecule has 0 aromatic carbocycles. The molecule has 0 aliphatic rings. The fourth-order valence-corrected chi connectivity index (χ4v) is 7.99. The van der Waals surface area contributed by atoms with E-state index in [0.29, 0.717) is 6.61 Å². The van der Waals surface area contributed by atoms with Gasteiger partial charge >= 0.3 is 5.97 Å². The van der Waals surface area contributed by atoms with Gasteiger partial charge in [0, 0.05) is 6.08 Å². The minimum absolute atomic E-state index is 0.280. The van der Waals surface area contributed by atoms with Gasteiger partial charge in [-0.15, -0.1) is 0 Å². The van der Waals surface area contributed by atoms with Crippen molar-refractivity contribution in [2.75, 3.05) is 6.61 Å². The first-order chi connectivity index (χ1) is 8.14. The highest BCUT2D eigenvalue weighted by atomic mass is 28.3. The van der Waals surface area contributed by atoms with Crippen molar-refractivity contribution in [3.63, 3.8) is 0 Å². The van der Waals surface area contributed by atoms with Gasteiger partial charge in [0.2, 0.25) is 0 Å². The molecule has 0 saturated heterocycles. The van der Waals surface area contributed by atoms with Gasteiger partial charge in [-0.25, -0.2) is 4.79 Å². The summed E-state index contributed by atoms with van der Waals surface area (Å²) in [6, 6.07) is 5.25. The zero-order valence-corrected chi connectivity index (χ0v) is 12.8. The highest BCUT2D eigenvalue weighted by Gasteiger charge is 2.29. The molecule has 0 aromatic rings. The third kappa shape index (κ3) is 6.67. The molecule has 0 saturated carbocycles. The summed E-state index contributed by atoms with van der Waals surface area (Å²) in [5.41, 5.74) is 0. The standard InChI is InChI=1S/C14H28O2Si/c1-5-10-17(11-6-2,12-7-3)13-9-16-14(15)8-4/h8H,4-7,9-13H2,1-3H3. The van der Waals surface area contributed by atoms with Crippen molar-refractivity contribution in [3.05, 3.63) is 12.7 Å². The molecule has 0 aliphatic carbocycles. The minimum atomic E-state index is -1.19. The SMILES string of the molecule is C=CC(=O)OCC[Si](CCC)(CCC)CCC. The van der Waals surface area contributed by atoms with Gasteiger partial charge in [-0.05, 0) is 6.04 Å². The Kier molecular flexibility index (Phi) is 9.14. The van der Waals surface area contributed by atoms with Crippen LogP contribution in [0, 0.1) is 0 Å². The molecule has 100 valence electrons. The summed E-state index contributed by atoms with van der Waals surface area (Å²) >= 11 is 0. The molecule has 0 rings (SSSR count). The highest BCUT2D eigenvalue weighted by Crippen LogP contribution is 2.30. The van der Waals surface area contributed by atoms with Crippen LogP contribution in [0.15, 0.2) is 12.7 Å². The van der Waals surface area contributed by atoms with Crippen LogP contribution < -0.4 is 0 Å². The summed E-state index contributed by atoms with van der Waals surface area (Å²) in [6.07, 6.45) is 5.05. The van der Waals surface area contributed by atoms with E-state index in [4.69, 9.17) is 4.74 Å². The minimum Gasteiger partial charge on any atom is -0.463 e. The van der Waals surface area contributed by atoms with Crippen LogP contribution in [0.5, 0.6) is 0 Å². The van der Waals surface area contributed by atoms with Crippen LogP contribution >= 0.6 is 0 Å². The third-order valence-electron chi connectivity index (χ3n) is 3.38. The quantitative estimate of drug-likeness (QED) is 0.329. The van der Waals surface area contributed by atoms with Gasteiger partial charge in [0.25, 0.3) is 0 Å². The molecule has 0 unspecified atom stereocenters. The topological polar surface area (TPSA) is 26.3 Å². The number of ether oxygens (including phenoxy) is 1. The second-order valence-corrected chi connectivity index (χ2v) is 9.87. The van der Waals surface area contributed by atoms with Crippen molar-refractivity contribution in [1.29, 1.82) is 0 Å². The number of rotatable bonds is 10. The summed E-state index contributed by atoms with van der Waals surface area (Å²) in [4.78, 5) is 11.0. The molecule has 2 nitrogen and oxygen atoms in total. The van der Waals surface area contributed by atoms with Gasteiger partial charge in [0.15, 0.2) is 0 Å². The second-order valence-electron chi connectivity index (χ2n) is 4.87. The summed E-state index contributed by atoms with van der Waals surface area (Å²) in [7, 11) is -1.19. The maximum atomic E-state index is 11.0. The van der Waals surface area contributed by atoms with E-state index in [1.807, 2.05) is 0 Å². The maximum Gasteiger partial charge on any atom is 0.330 e. The molecular formula is C14H28O2Si. The fourth-order valence-electron chi connectivity index (χ4n) is 2.77. The second kappa shape index (κ2) is 9.46. The number of carbonyl (C=O) groups excluding carboxylic acids is 1. The maximum absolute atomic E-state index is 11.0. The van der Waals surface area contributed by atoms with Crippen LogP contribution in [0.3, 0.4) is 0 Å². The van der Waals surface area contributed by atoms with E-state index in [-0.39, 0.29) is 5.97 Å². The van der Waals surface area contributed by atoms with Crippen LogP contribution in [-0.4, -0.2) is 20.7 Å². The lowest BCUT2D eigenvalue weighted by atomic mass is 10.5. The number of esters is 1. The van der Waals surface area contributed by atoms with E-state index in [2.05, 4.69) is 27.4 Å². The van der Waals surface area contributed by atoms with Crippen LogP contribution in [0.4, 0.5) is 0 Å². The molecule has 0 spiro atoms. The van der Waals surface area contributed by atoms with E-state index in [1.54, 1.807) is 0 Å². The van der Waals surface area contributed by atoms with Crippen LogP contribution in [0.1, 0.15) is 40.0 Å². The smallest absolute Gasteiger partial charge is 0.330 e.